The molecule has 1 aliphatic carbocycles. The molecule has 2 rings (SSSR count). The van der Waals surface area contributed by atoms with Gasteiger partial charge in [-0.25, -0.2) is 0 Å². The number of hydrogen-bond donors (Lipinski definition) is 0. The Balaban J connectivity index is 2.62. The summed E-state index contributed by atoms with van der Waals surface area (Å²) in [6.45, 7) is 9.07. The highest BCUT2D eigenvalue weighted by Crippen LogP contribution is 2.54. The molecule has 1 nitrogen and oxygen atoms in total. The van der Waals surface area contributed by atoms with Gasteiger partial charge in [-0.05, 0) is 27.9 Å². The van der Waals surface area contributed by atoms with Crippen molar-refractivity contribution in [1.29, 1.82) is 5.26 Å². The summed E-state index contributed by atoms with van der Waals surface area (Å²) in [4.78, 5) is 0. The van der Waals surface area contributed by atoms with E-state index in [9.17, 15) is 0 Å². The first-order chi connectivity index (χ1) is 7.42. The fourth-order valence-electron chi connectivity index (χ4n) is 3.49. The number of rotatable bonds is 1. The molecule has 0 heterocycles. The van der Waals surface area contributed by atoms with E-state index in [-0.39, 0.29) is 10.8 Å². The highest BCUT2D eigenvalue weighted by atomic mass is 14.5. The van der Waals surface area contributed by atoms with E-state index in [2.05, 4.69) is 58.0 Å². The smallest absolute Gasteiger partial charge is 0.0625 e. The van der Waals surface area contributed by atoms with E-state index in [4.69, 9.17) is 5.26 Å². The average Bonchev–Trinajstić information content (AvgIpc) is 2.38. The van der Waals surface area contributed by atoms with Crippen LogP contribution < -0.4 is 0 Å². The molecule has 0 N–H and O–H groups in total. The second-order valence-corrected chi connectivity index (χ2v) is 5.90. The van der Waals surface area contributed by atoms with Gasteiger partial charge in [0.2, 0.25) is 0 Å². The zero-order valence-electron chi connectivity index (χ0n) is 10.5. The van der Waals surface area contributed by atoms with E-state index in [1.54, 1.807) is 0 Å². The van der Waals surface area contributed by atoms with Crippen LogP contribution >= 0.6 is 0 Å². The molecule has 0 radical (unpaired) electrons. The second-order valence-electron chi connectivity index (χ2n) is 5.90. The predicted octanol–water partition coefficient (Wildman–Crippen LogP) is 3.79. The molecule has 1 aliphatic rings. The highest BCUT2D eigenvalue weighted by molar-refractivity contribution is 5.46. The molecule has 0 bridgehead atoms. The van der Waals surface area contributed by atoms with Crippen LogP contribution in [0.4, 0.5) is 0 Å². The molecule has 1 aromatic rings. The largest absolute Gasteiger partial charge is 0.198 e. The van der Waals surface area contributed by atoms with Crippen molar-refractivity contribution in [3.8, 4) is 6.07 Å². The monoisotopic (exact) mass is 213 g/mol. The third-order valence-electron chi connectivity index (χ3n) is 4.35. The quantitative estimate of drug-likeness (QED) is 0.696. The van der Waals surface area contributed by atoms with Crippen LogP contribution in [0, 0.1) is 17.2 Å². The van der Waals surface area contributed by atoms with Gasteiger partial charge in [-0.1, -0.05) is 52.0 Å². The van der Waals surface area contributed by atoms with Crippen LogP contribution in [-0.2, 0) is 10.8 Å². The maximum atomic E-state index is 9.02. The van der Waals surface area contributed by atoms with Crippen LogP contribution in [0.25, 0.3) is 0 Å². The number of benzene rings is 1. The lowest BCUT2D eigenvalue weighted by atomic mass is 9.69. The van der Waals surface area contributed by atoms with Crippen LogP contribution in [-0.4, -0.2) is 0 Å². The topological polar surface area (TPSA) is 23.8 Å². The van der Waals surface area contributed by atoms with Crippen LogP contribution in [0.1, 0.15) is 45.2 Å². The van der Waals surface area contributed by atoms with Gasteiger partial charge in [0.05, 0.1) is 6.07 Å². The molecule has 0 aliphatic heterocycles. The van der Waals surface area contributed by atoms with E-state index in [0.29, 0.717) is 12.3 Å². The fourth-order valence-corrected chi connectivity index (χ4v) is 3.49. The molecule has 0 fully saturated rings. The lowest BCUT2D eigenvalue weighted by Crippen LogP contribution is -2.33. The Hall–Kier alpha value is -1.29. The summed E-state index contributed by atoms with van der Waals surface area (Å²) in [5, 5.41) is 9.02. The lowest BCUT2D eigenvalue weighted by molar-refractivity contribution is 0.244. The van der Waals surface area contributed by atoms with Crippen molar-refractivity contribution in [2.45, 2.75) is 44.9 Å². The van der Waals surface area contributed by atoms with Gasteiger partial charge >= 0.3 is 0 Å². The first-order valence-electron chi connectivity index (χ1n) is 5.89. The molecule has 84 valence electrons. The minimum atomic E-state index is 0.107. The van der Waals surface area contributed by atoms with Crippen LogP contribution in [0.15, 0.2) is 24.3 Å². The Morgan fingerprint density at radius 2 is 1.50 bits per heavy atom. The number of nitriles is 1. The summed E-state index contributed by atoms with van der Waals surface area (Å²) in [6, 6.07) is 11.0. The van der Waals surface area contributed by atoms with Crippen molar-refractivity contribution in [1.82, 2.24) is 0 Å². The summed E-state index contributed by atoms with van der Waals surface area (Å²) in [5.41, 5.74) is 3.05. The summed E-state index contributed by atoms with van der Waals surface area (Å²) in [7, 11) is 0. The summed E-state index contributed by atoms with van der Waals surface area (Å²) >= 11 is 0. The molecule has 1 aromatic carbocycles. The zero-order valence-corrected chi connectivity index (χ0v) is 10.5. The zero-order chi connectivity index (χ0) is 12.0. The summed E-state index contributed by atoms with van der Waals surface area (Å²) < 4.78 is 0. The van der Waals surface area contributed by atoms with Crippen molar-refractivity contribution in [3.63, 3.8) is 0 Å². The van der Waals surface area contributed by atoms with E-state index in [1.807, 2.05) is 0 Å². The predicted molar refractivity (Wildman–Crippen MR) is 66.2 cm³/mol. The van der Waals surface area contributed by atoms with Gasteiger partial charge in [-0.2, -0.15) is 5.26 Å². The summed E-state index contributed by atoms with van der Waals surface area (Å²) in [5.74, 6) is 0.405. The highest BCUT2D eigenvalue weighted by Gasteiger charge is 2.50. The van der Waals surface area contributed by atoms with Gasteiger partial charge in [0, 0.05) is 6.42 Å². The Labute approximate surface area is 98.1 Å². The molecule has 0 saturated heterocycles. The van der Waals surface area contributed by atoms with Crippen molar-refractivity contribution in [3.05, 3.63) is 35.4 Å². The van der Waals surface area contributed by atoms with Crippen molar-refractivity contribution >= 4 is 0 Å². The van der Waals surface area contributed by atoms with E-state index in [1.165, 1.54) is 11.1 Å². The van der Waals surface area contributed by atoms with Crippen LogP contribution in [0.2, 0.25) is 0 Å². The van der Waals surface area contributed by atoms with Crippen molar-refractivity contribution in [2.24, 2.45) is 5.92 Å². The Bertz CT molecular complexity index is 414. The maximum Gasteiger partial charge on any atom is 0.0625 e. The maximum absolute atomic E-state index is 9.02. The number of nitrogens with zero attached hydrogens (tertiary/aromatic N) is 1. The molecule has 0 amide bonds. The normalized spacial score (nSPS) is 21.4. The third kappa shape index (κ3) is 1.29. The van der Waals surface area contributed by atoms with Gasteiger partial charge in [0.1, 0.15) is 0 Å². The summed E-state index contributed by atoms with van der Waals surface area (Å²) in [6.07, 6.45) is 0.634. The van der Waals surface area contributed by atoms with Gasteiger partial charge in [0.25, 0.3) is 0 Å². The van der Waals surface area contributed by atoms with Gasteiger partial charge in [-0.15, -0.1) is 0 Å². The molecule has 0 unspecified atom stereocenters. The Morgan fingerprint density at radius 1 is 1.06 bits per heavy atom. The van der Waals surface area contributed by atoms with Crippen molar-refractivity contribution < 1.29 is 0 Å². The molecule has 0 saturated carbocycles. The fraction of sp³-hybridized carbons (Fsp3) is 0.533. The standard InChI is InChI=1S/C15H19N/c1-14(2)11-7-5-6-8-12(11)15(3,4)13(14)9-10-16/h5-8,13H,9H2,1-4H3. The van der Waals surface area contributed by atoms with Crippen LogP contribution in [0.3, 0.4) is 0 Å². The number of fused-ring (bicyclic) bond motifs is 1. The van der Waals surface area contributed by atoms with Crippen LogP contribution in [0.5, 0.6) is 0 Å². The van der Waals surface area contributed by atoms with Gasteiger partial charge in [0.15, 0.2) is 0 Å². The molecule has 1 heteroatoms. The minimum Gasteiger partial charge on any atom is -0.198 e. The molecular formula is C15H19N. The molecule has 0 atom stereocenters. The van der Waals surface area contributed by atoms with Gasteiger partial charge in [-0.3, -0.25) is 0 Å². The molecule has 0 aromatic heterocycles. The average molecular weight is 213 g/mol. The van der Waals surface area contributed by atoms with Gasteiger partial charge < -0.3 is 0 Å². The van der Waals surface area contributed by atoms with E-state index < -0.39 is 0 Å². The van der Waals surface area contributed by atoms with Crippen molar-refractivity contribution in [2.75, 3.05) is 0 Å². The van der Waals surface area contributed by atoms with E-state index >= 15 is 0 Å². The lowest BCUT2D eigenvalue weighted by Gasteiger charge is -2.34. The molecular weight excluding hydrogens is 194 g/mol. The Kier molecular flexibility index (Phi) is 2.35. The first-order valence-corrected chi connectivity index (χ1v) is 5.89. The second kappa shape index (κ2) is 3.35. The third-order valence-corrected chi connectivity index (χ3v) is 4.35. The minimum absolute atomic E-state index is 0.107. The Morgan fingerprint density at radius 3 is 1.88 bits per heavy atom. The number of hydrogen-bond acceptors (Lipinski definition) is 1. The molecule has 16 heavy (non-hydrogen) atoms. The first kappa shape index (κ1) is 11.2. The van der Waals surface area contributed by atoms with E-state index in [0.717, 1.165) is 0 Å². The SMILES string of the molecule is CC1(C)c2ccccc2C(C)(C)C1CC#N. The molecule has 0 spiro atoms.